The molecule has 6 nitrogen and oxygen atoms in total. The van der Waals surface area contributed by atoms with E-state index in [1.54, 1.807) is 0 Å². The van der Waals surface area contributed by atoms with Crippen molar-refractivity contribution in [3.8, 4) is 0 Å². The Labute approximate surface area is 170 Å². The summed E-state index contributed by atoms with van der Waals surface area (Å²) in [5, 5.41) is 0. The molecule has 0 aromatic heterocycles. The van der Waals surface area contributed by atoms with Crippen molar-refractivity contribution in [1.82, 2.24) is 0 Å². The maximum atomic E-state index is 11.7. The third kappa shape index (κ3) is 6.24. The maximum absolute atomic E-state index is 11.7. The van der Waals surface area contributed by atoms with Gasteiger partial charge in [-0.1, -0.05) is 30.0 Å². The SMILES string of the molecule is CCOC1CC(OC(C)=O)C(Sc2ccccc2)=C(COC2CCCCO2)O1. The lowest BCUT2D eigenvalue weighted by atomic mass is 10.1. The summed E-state index contributed by atoms with van der Waals surface area (Å²) in [5.74, 6) is 0.308. The predicted octanol–water partition coefficient (Wildman–Crippen LogP) is 4.25. The Morgan fingerprint density at radius 1 is 1.18 bits per heavy atom. The minimum Gasteiger partial charge on any atom is -0.466 e. The van der Waals surface area contributed by atoms with Crippen LogP contribution in [0.2, 0.25) is 0 Å². The van der Waals surface area contributed by atoms with Gasteiger partial charge >= 0.3 is 5.97 Å². The van der Waals surface area contributed by atoms with E-state index < -0.39 is 12.4 Å². The van der Waals surface area contributed by atoms with Crippen LogP contribution in [0.4, 0.5) is 0 Å². The van der Waals surface area contributed by atoms with Gasteiger partial charge in [0.1, 0.15) is 18.5 Å². The van der Waals surface area contributed by atoms with Crippen LogP contribution in [0, 0.1) is 0 Å². The summed E-state index contributed by atoms with van der Waals surface area (Å²) in [5.41, 5.74) is 0. The van der Waals surface area contributed by atoms with Gasteiger partial charge < -0.3 is 23.7 Å². The van der Waals surface area contributed by atoms with Crippen molar-refractivity contribution in [1.29, 1.82) is 0 Å². The van der Waals surface area contributed by atoms with Gasteiger partial charge in [0.25, 0.3) is 0 Å². The van der Waals surface area contributed by atoms with Crippen LogP contribution in [0.3, 0.4) is 0 Å². The number of esters is 1. The lowest BCUT2D eigenvalue weighted by molar-refractivity contribution is -0.184. The second kappa shape index (κ2) is 10.9. The maximum Gasteiger partial charge on any atom is 0.303 e. The molecule has 0 saturated carbocycles. The van der Waals surface area contributed by atoms with Gasteiger partial charge in [-0.25, -0.2) is 0 Å². The molecule has 2 aliphatic heterocycles. The molecule has 2 aliphatic rings. The fourth-order valence-corrected chi connectivity index (χ4v) is 4.21. The van der Waals surface area contributed by atoms with Crippen LogP contribution in [0.25, 0.3) is 0 Å². The second-order valence-corrected chi connectivity index (χ2v) is 7.76. The molecule has 154 valence electrons. The van der Waals surface area contributed by atoms with Crippen molar-refractivity contribution in [2.75, 3.05) is 19.8 Å². The first-order valence-electron chi connectivity index (χ1n) is 9.80. The highest BCUT2D eigenvalue weighted by Crippen LogP contribution is 2.39. The molecule has 1 saturated heterocycles. The summed E-state index contributed by atoms with van der Waals surface area (Å²) >= 11 is 1.53. The number of carbonyl (C=O) groups excluding carboxylic acids is 1. The van der Waals surface area contributed by atoms with Crippen LogP contribution in [-0.4, -0.2) is 44.5 Å². The molecule has 0 N–H and O–H groups in total. The topological polar surface area (TPSA) is 63.2 Å². The monoisotopic (exact) mass is 408 g/mol. The van der Waals surface area contributed by atoms with E-state index in [1.165, 1.54) is 18.7 Å². The summed E-state index contributed by atoms with van der Waals surface area (Å²) in [6.07, 6.45) is 2.35. The zero-order valence-corrected chi connectivity index (χ0v) is 17.2. The van der Waals surface area contributed by atoms with Gasteiger partial charge in [-0.3, -0.25) is 4.79 Å². The first-order valence-corrected chi connectivity index (χ1v) is 10.6. The molecule has 0 aliphatic carbocycles. The van der Waals surface area contributed by atoms with Crippen molar-refractivity contribution in [3.63, 3.8) is 0 Å². The number of ether oxygens (including phenoxy) is 5. The number of thioether (sulfide) groups is 1. The fraction of sp³-hybridized carbons (Fsp3) is 0.571. The van der Waals surface area contributed by atoms with E-state index in [9.17, 15) is 4.79 Å². The molecule has 1 fully saturated rings. The van der Waals surface area contributed by atoms with Gasteiger partial charge in [-0.05, 0) is 38.3 Å². The quantitative estimate of drug-likeness (QED) is 0.596. The number of rotatable bonds is 8. The summed E-state index contributed by atoms with van der Waals surface area (Å²) in [7, 11) is 0. The Bertz CT molecular complexity index is 656. The number of hydrogen-bond donors (Lipinski definition) is 0. The molecule has 0 spiro atoms. The molecule has 3 rings (SSSR count). The Hall–Kier alpha value is -1.54. The van der Waals surface area contributed by atoms with Gasteiger partial charge in [0, 0.05) is 25.0 Å². The molecule has 7 heteroatoms. The van der Waals surface area contributed by atoms with E-state index in [2.05, 4.69) is 0 Å². The van der Waals surface area contributed by atoms with Crippen molar-refractivity contribution in [3.05, 3.63) is 41.0 Å². The molecular formula is C21H28O6S. The van der Waals surface area contributed by atoms with Crippen LogP contribution in [0.15, 0.2) is 45.9 Å². The third-order valence-corrected chi connectivity index (χ3v) is 5.64. The molecule has 1 aromatic rings. The van der Waals surface area contributed by atoms with Gasteiger partial charge in [0.15, 0.2) is 6.29 Å². The number of hydrogen-bond acceptors (Lipinski definition) is 7. The first kappa shape index (κ1) is 21.2. The Balaban J connectivity index is 1.82. The van der Waals surface area contributed by atoms with Gasteiger partial charge in [-0.15, -0.1) is 0 Å². The highest BCUT2D eigenvalue weighted by molar-refractivity contribution is 8.03. The van der Waals surface area contributed by atoms with Crippen LogP contribution < -0.4 is 0 Å². The lowest BCUT2D eigenvalue weighted by Gasteiger charge is -2.34. The molecule has 28 heavy (non-hydrogen) atoms. The van der Waals surface area contributed by atoms with Crippen LogP contribution in [-0.2, 0) is 28.5 Å². The molecule has 3 atom stereocenters. The van der Waals surface area contributed by atoms with Gasteiger partial charge in [0.2, 0.25) is 6.29 Å². The molecular weight excluding hydrogens is 380 g/mol. The molecule has 1 aromatic carbocycles. The summed E-state index contributed by atoms with van der Waals surface area (Å²) in [4.78, 5) is 13.6. The van der Waals surface area contributed by atoms with E-state index >= 15 is 0 Å². The Morgan fingerprint density at radius 2 is 2.00 bits per heavy atom. The van der Waals surface area contributed by atoms with E-state index in [0.29, 0.717) is 25.4 Å². The van der Waals surface area contributed by atoms with E-state index in [4.69, 9.17) is 23.7 Å². The molecule has 0 bridgehead atoms. The standard InChI is InChI=1S/C21H28O6S/c1-3-23-20-13-17(26-15(2)22)21(28-16-9-5-4-6-10-16)18(27-20)14-25-19-11-7-8-12-24-19/h4-6,9-10,17,19-20H,3,7-8,11-14H2,1-2H3. The van der Waals surface area contributed by atoms with E-state index in [0.717, 1.165) is 29.1 Å². The van der Waals surface area contributed by atoms with Crippen molar-refractivity contribution < 1.29 is 28.5 Å². The molecule has 0 amide bonds. The smallest absolute Gasteiger partial charge is 0.303 e. The molecule has 2 heterocycles. The summed E-state index contributed by atoms with van der Waals surface area (Å²) in [6, 6.07) is 9.94. The number of benzene rings is 1. The zero-order valence-electron chi connectivity index (χ0n) is 16.4. The Kier molecular flexibility index (Phi) is 8.21. The van der Waals surface area contributed by atoms with Crippen molar-refractivity contribution in [2.45, 2.75) is 63.1 Å². The van der Waals surface area contributed by atoms with Gasteiger partial charge in [-0.2, -0.15) is 0 Å². The van der Waals surface area contributed by atoms with E-state index in [-0.39, 0.29) is 18.9 Å². The normalized spacial score (nSPS) is 25.3. The minimum atomic E-state index is -0.472. The highest BCUT2D eigenvalue weighted by Gasteiger charge is 2.34. The van der Waals surface area contributed by atoms with Gasteiger partial charge in [0.05, 0.1) is 11.3 Å². The molecule has 3 unspecified atom stereocenters. The average molecular weight is 409 g/mol. The van der Waals surface area contributed by atoms with Crippen LogP contribution in [0.1, 0.15) is 39.5 Å². The second-order valence-electron chi connectivity index (χ2n) is 6.65. The van der Waals surface area contributed by atoms with E-state index in [1.807, 2.05) is 37.3 Å². The highest BCUT2D eigenvalue weighted by atomic mass is 32.2. The van der Waals surface area contributed by atoms with Crippen molar-refractivity contribution in [2.24, 2.45) is 0 Å². The van der Waals surface area contributed by atoms with Crippen LogP contribution in [0.5, 0.6) is 0 Å². The Morgan fingerprint density at radius 3 is 2.68 bits per heavy atom. The lowest BCUT2D eigenvalue weighted by Crippen LogP contribution is -2.35. The molecule has 0 radical (unpaired) electrons. The fourth-order valence-electron chi connectivity index (χ4n) is 3.17. The predicted molar refractivity (Wildman–Crippen MR) is 106 cm³/mol. The average Bonchev–Trinajstić information content (AvgIpc) is 2.70. The first-order chi connectivity index (χ1) is 13.7. The summed E-state index contributed by atoms with van der Waals surface area (Å²) < 4.78 is 29.0. The minimum absolute atomic E-state index is 0.229. The largest absolute Gasteiger partial charge is 0.466 e. The third-order valence-electron chi connectivity index (χ3n) is 4.42. The van der Waals surface area contributed by atoms with Crippen LogP contribution >= 0.6 is 11.8 Å². The number of carbonyl (C=O) groups is 1. The summed E-state index contributed by atoms with van der Waals surface area (Å²) in [6.45, 7) is 4.81. The zero-order chi connectivity index (χ0) is 19.8. The van der Waals surface area contributed by atoms with Crippen molar-refractivity contribution >= 4 is 17.7 Å².